The van der Waals surface area contributed by atoms with Gasteiger partial charge in [0.25, 0.3) is 0 Å². The summed E-state index contributed by atoms with van der Waals surface area (Å²) < 4.78 is 5.07. The molecular formula is C10H14N2O3S. The molecule has 5 nitrogen and oxygen atoms in total. The molecule has 1 heterocycles. The van der Waals surface area contributed by atoms with Crippen LogP contribution >= 0.6 is 11.8 Å². The summed E-state index contributed by atoms with van der Waals surface area (Å²) in [5.74, 6) is -0.361. The number of rotatable bonds is 3. The van der Waals surface area contributed by atoms with Crippen LogP contribution in [-0.2, 0) is 9.53 Å². The number of urea groups is 1. The first-order valence-corrected chi connectivity index (χ1v) is 6.04. The lowest BCUT2D eigenvalue weighted by molar-refractivity contribution is -0.137. The van der Waals surface area contributed by atoms with Gasteiger partial charge in [0.05, 0.1) is 6.61 Å². The van der Waals surface area contributed by atoms with E-state index < -0.39 is 6.03 Å². The summed E-state index contributed by atoms with van der Waals surface area (Å²) in [7, 11) is 0. The summed E-state index contributed by atoms with van der Waals surface area (Å²) in [5.41, 5.74) is 5.69. The number of allylic oxidation sites excluding steroid dienone is 1. The first-order valence-electron chi connectivity index (χ1n) is 5.22. The van der Waals surface area contributed by atoms with Gasteiger partial charge in [0.15, 0.2) is 0 Å². The third-order valence-electron chi connectivity index (χ3n) is 2.63. The third kappa shape index (κ3) is 2.16. The fourth-order valence-electron chi connectivity index (χ4n) is 1.75. The average Bonchev–Trinajstić information content (AvgIpc) is 2.83. The summed E-state index contributed by atoms with van der Waals surface area (Å²) in [5, 5.41) is 2.52. The van der Waals surface area contributed by atoms with E-state index in [0.29, 0.717) is 23.6 Å². The Kier molecular flexibility index (Phi) is 2.84. The Bertz CT molecular complexity index is 374. The molecular weight excluding hydrogens is 228 g/mol. The molecule has 2 rings (SSSR count). The number of thioether (sulfide) groups is 1. The predicted molar refractivity (Wildman–Crippen MR) is 60.6 cm³/mol. The van der Waals surface area contributed by atoms with Crippen LogP contribution in [0.1, 0.15) is 26.2 Å². The number of nitrogens with one attached hydrogen (secondary N) is 1. The molecule has 1 fully saturated rings. The zero-order chi connectivity index (χ0) is 11.8. The molecule has 0 aromatic carbocycles. The predicted octanol–water partition coefficient (Wildman–Crippen LogP) is 1.10. The van der Waals surface area contributed by atoms with Crippen molar-refractivity contribution in [2.45, 2.75) is 30.9 Å². The van der Waals surface area contributed by atoms with Crippen LogP contribution in [0.4, 0.5) is 4.79 Å². The second-order valence-corrected chi connectivity index (χ2v) is 5.46. The molecule has 88 valence electrons. The number of nitrogens with two attached hydrogens (primary N) is 1. The first kappa shape index (κ1) is 11.3. The number of amides is 2. The molecule has 0 radical (unpaired) electrons. The van der Waals surface area contributed by atoms with Gasteiger partial charge in [0.1, 0.15) is 4.91 Å². The molecule has 0 atom stereocenters. The Balaban J connectivity index is 2.14. The lowest BCUT2D eigenvalue weighted by Crippen LogP contribution is -2.29. The van der Waals surface area contributed by atoms with E-state index in [-0.39, 0.29) is 10.7 Å². The fraction of sp³-hybridized carbons (Fsp3) is 0.600. The maximum absolute atomic E-state index is 11.7. The van der Waals surface area contributed by atoms with Crippen LogP contribution in [0.2, 0.25) is 0 Å². The Labute approximate surface area is 97.8 Å². The van der Waals surface area contributed by atoms with Crippen LogP contribution < -0.4 is 11.1 Å². The molecule has 0 unspecified atom stereocenters. The smallest absolute Gasteiger partial charge is 0.346 e. The number of carbonyl (C=O) groups is 2. The van der Waals surface area contributed by atoms with E-state index in [1.807, 2.05) is 0 Å². The van der Waals surface area contributed by atoms with Gasteiger partial charge < -0.3 is 15.8 Å². The zero-order valence-corrected chi connectivity index (χ0v) is 9.86. The van der Waals surface area contributed by atoms with Gasteiger partial charge in [0, 0.05) is 16.9 Å². The minimum Gasteiger partial charge on any atom is -0.462 e. The van der Waals surface area contributed by atoms with E-state index >= 15 is 0 Å². The number of primary amides is 1. The molecule has 16 heavy (non-hydrogen) atoms. The third-order valence-corrected chi connectivity index (χ3v) is 4.24. The number of esters is 1. The van der Waals surface area contributed by atoms with E-state index in [1.54, 1.807) is 6.92 Å². The molecule has 1 saturated carbocycles. The second kappa shape index (κ2) is 4.01. The maximum Gasteiger partial charge on any atom is 0.346 e. The quantitative estimate of drug-likeness (QED) is 0.726. The molecule has 2 amide bonds. The van der Waals surface area contributed by atoms with Crippen molar-refractivity contribution in [1.29, 1.82) is 0 Å². The molecule has 0 saturated heterocycles. The monoisotopic (exact) mass is 242 g/mol. The number of carbonyl (C=O) groups excluding carboxylic acids is 2. The van der Waals surface area contributed by atoms with Crippen molar-refractivity contribution in [3.05, 3.63) is 10.6 Å². The highest BCUT2D eigenvalue weighted by Crippen LogP contribution is 2.60. The number of ether oxygens (including phenoxy) is 1. The van der Waals surface area contributed by atoms with Gasteiger partial charge in [-0.1, -0.05) is 0 Å². The van der Waals surface area contributed by atoms with Gasteiger partial charge in [-0.2, -0.15) is 0 Å². The standard InChI is InChI=1S/C10H14N2O3S/c1-2-15-8(13)7-6(12-9(11)14)5-10(16-7)3-4-10/h2-5H2,1H3,(H3,11,12,14). The molecule has 1 aliphatic heterocycles. The zero-order valence-electron chi connectivity index (χ0n) is 9.04. The van der Waals surface area contributed by atoms with Crippen LogP contribution in [0.15, 0.2) is 10.6 Å². The average molecular weight is 242 g/mol. The van der Waals surface area contributed by atoms with Crippen molar-refractivity contribution in [2.24, 2.45) is 5.73 Å². The largest absolute Gasteiger partial charge is 0.462 e. The lowest BCUT2D eigenvalue weighted by Gasteiger charge is -2.05. The Morgan fingerprint density at radius 1 is 1.56 bits per heavy atom. The molecule has 0 aromatic heterocycles. The normalized spacial score (nSPS) is 21.1. The lowest BCUT2D eigenvalue weighted by atomic mass is 10.2. The molecule has 1 spiro atoms. The van der Waals surface area contributed by atoms with E-state index in [9.17, 15) is 9.59 Å². The van der Waals surface area contributed by atoms with Crippen molar-refractivity contribution >= 4 is 23.8 Å². The second-order valence-electron chi connectivity index (χ2n) is 3.98. The van der Waals surface area contributed by atoms with Gasteiger partial charge in [-0.3, -0.25) is 0 Å². The highest BCUT2D eigenvalue weighted by molar-refractivity contribution is 8.05. The van der Waals surface area contributed by atoms with Crippen LogP contribution in [0, 0.1) is 0 Å². The Morgan fingerprint density at radius 2 is 2.25 bits per heavy atom. The van der Waals surface area contributed by atoms with Crippen LogP contribution in [0.3, 0.4) is 0 Å². The maximum atomic E-state index is 11.7. The van der Waals surface area contributed by atoms with Gasteiger partial charge in [0.2, 0.25) is 0 Å². The van der Waals surface area contributed by atoms with E-state index in [2.05, 4.69) is 5.32 Å². The van der Waals surface area contributed by atoms with Crippen LogP contribution in [0.5, 0.6) is 0 Å². The number of hydrogen-bond acceptors (Lipinski definition) is 4. The summed E-state index contributed by atoms with van der Waals surface area (Å²) >= 11 is 1.51. The van der Waals surface area contributed by atoms with E-state index in [1.165, 1.54) is 11.8 Å². The summed E-state index contributed by atoms with van der Waals surface area (Å²) in [6.07, 6.45) is 2.85. The van der Waals surface area contributed by atoms with Crippen molar-refractivity contribution < 1.29 is 14.3 Å². The van der Waals surface area contributed by atoms with Gasteiger partial charge in [-0.15, -0.1) is 11.8 Å². The summed E-state index contributed by atoms with van der Waals surface area (Å²) in [4.78, 5) is 23.0. The Hall–Kier alpha value is -1.17. The highest BCUT2D eigenvalue weighted by Gasteiger charge is 2.51. The fourth-order valence-corrected chi connectivity index (χ4v) is 3.09. The molecule has 6 heteroatoms. The van der Waals surface area contributed by atoms with Crippen LogP contribution in [-0.4, -0.2) is 23.4 Å². The minimum absolute atomic E-state index is 0.125. The Morgan fingerprint density at radius 3 is 2.75 bits per heavy atom. The molecule has 0 bridgehead atoms. The van der Waals surface area contributed by atoms with Gasteiger partial charge in [-0.25, -0.2) is 9.59 Å². The van der Waals surface area contributed by atoms with Gasteiger partial charge >= 0.3 is 12.0 Å². The van der Waals surface area contributed by atoms with Gasteiger partial charge in [-0.05, 0) is 19.8 Å². The van der Waals surface area contributed by atoms with Crippen molar-refractivity contribution in [3.63, 3.8) is 0 Å². The molecule has 3 N–H and O–H groups in total. The van der Waals surface area contributed by atoms with E-state index in [4.69, 9.17) is 10.5 Å². The minimum atomic E-state index is -0.630. The van der Waals surface area contributed by atoms with Crippen LogP contribution in [0.25, 0.3) is 0 Å². The highest BCUT2D eigenvalue weighted by atomic mass is 32.2. The topological polar surface area (TPSA) is 81.4 Å². The molecule has 0 aromatic rings. The van der Waals surface area contributed by atoms with E-state index in [0.717, 1.165) is 12.8 Å². The molecule has 2 aliphatic rings. The SMILES string of the molecule is CCOC(=O)C1=C(NC(N)=O)CC2(CC2)S1. The number of hydrogen-bond donors (Lipinski definition) is 2. The van der Waals surface area contributed by atoms with Crippen molar-refractivity contribution in [3.8, 4) is 0 Å². The summed E-state index contributed by atoms with van der Waals surface area (Å²) in [6, 6.07) is -0.630. The van der Waals surface area contributed by atoms with Crippen molar-refractivity contribution in [1.82, 2.24) is 5.32 Å². The van der Waals surface area contributed by atoms with Crippen molar-refractivity contribution in [2.75, 3.05) is 6.61 Å². The first-order chi connectivity index (χ1) is 7.56. The summed E-state index contributed by atoms with van der Waals surface area (Å²) in [6.45, 7) is 2.09. The molecule has 1 aliphatic carbocycles.